The number of hydrogen-bond donors (Lipinski definition) is 1. The largest absolute Gasteiger partial charge is 0.350 e. The average molecular weight is 476 g/mol. The second-order valence-corrected chi connectivity index (χ2v) is 8.44. The minimum atomic E-state index is -0.696. The van der Waals surface area contributed by atoms with E-state index in [1.165, 1.54) is 17.7 Å². The lowest BCUT2D eigenvalue weighted by Crippen LogP contribution is -2.35. The van der Waals surface area contributed by atoms with Crippen molar-refractivity contribution in [2.24, 2.45) is 0 Å². The number of carbonyl (C=O) groups excluding carboxylic acids is 3. The van der Waals surface area contributed by atoms with Gasteiger partial charge in [0.15, 0.2) is 0 Å². The Labute approximate surface area is 200 Å². The molecule has 3 aromatic rings. The average Bonchev–Trinajstić information content (AvgIpc) is 3.07. The molecule has 0 bridgehead atoms. The van der Waals surface area contributed by atoms with Gasteiger partial charge < -0.3 is 10.2 Å². The van der Waals surface area contributed by atoms with Crippen LogP contribution in [-0.4, -0.2) is 29.2 Å². The first-order chi connectivity index (χ1) is 16.4. The first kappa shape index (κ1) is 21.9. The van der Waals surface area contributed by atoms with Gasteiger partial charge in [0.25, 0.3) is 17.7 Å². The Hall–Kier alpha value is -3.97. The van der Waals surface area contributed by atoms with Gasteiger partial charge in [0.1, 0.15) is 16.5 Å². The van der Waals surface area contributed by atoms with Crippen molar-refractivity contribution in [1.82, 2.24) is 4.90 Å². The molecule has 3 aromatic carbocycles. The SMILES string of the molecule is O=C(c1ccc(NC2=C(Cl)C(=O)N(c3ccc(F)cc3)C2=O)cc1)N1CCc2ccccc2C1. The van der Waals surface area contributed by atoms with Crippen LogP contribution < -0.4 is 10.2 Å². The van der Waals surface area contributed by atoms with Gasteiger partial charge in [-0.25, -0.2) is 9.29 Å². The normalized spacial score (nSPS) is 15.6. The van der Waals surface area contributed by atoms with E-state index in [2.05, 4.69) is 11.4 Å². The fourth-order valence-electron chi connectivity index (χ4n) is 4.13. The molecule has 2 aliphatic heterocycles. The van der Waals surface area contributed by atoms with Gasteiger partial charge >= 0.3 is 0 Å². The van der Waals surface area contributed by atoms with E-state index in [4.69, 9.17) is 11.6 Å². The number of halogens is 2. The molecular formula is C26H19ClFN3O3. The van der Waals surface area contributed by atoms with Gasteiger partial charge in [-0.15, -0.1) is 0 Å². The number of benzene rings is 3. The highest BCUT2D eigenvalue weighted by molar-refractivity contribution is 6.53. The number of nitrogens with zero attached hydrogens (tertiary/aromatic N) is 2. The van der Waals surface area contributed by atoms with Crippen molar-refractivity contribution in [3.63, 3.8) is 0 Å². The standard InChI is InChI=1S/C26H19ClFN3O3/c27-22-23(26(34)31(25(22)33)21-11-7-19(28)8-12-21)29-20-9-5-17(6-10-20)24(32)30-14-13-16-3-1-2-4-18(16)15-30/h1-12,29H,13-15H2. The van der Waals surface area contributed by atoms with E-state index < -0.39 is 17.6 Å². The smallest absolute Gasteiger partial charge is 0.283 e. The highest BCUT2D eigenvalue weighted by Gasteiger charge is 2.39. The second-order valence-electron chi connectivity index (χ2n) is 8.06. The number of fused-ring (bicyclic) bond motifs is 1. The van der Waals surface area contributed by atoms with Crippen LogP contribution in [0.1, 0.15) is 21.5 Å². The maximum Gasteiger partial charge on any atom is 0.283 e. The quantitative estimate of drug-likeness (QED) is 0.566. The van der Waals surface area contributed by atoms with Crippen LogP contribution in [0.25, 0.3) is 0 Å². The second kappa shape index (κ2) is 8.76. The number of imide groups is 1. The molecule has 5 rings (SSSR count). The number of anilines is 2. The van der Waals surface area contributed by atoms with E-state index in [1.54, 1.807) is 24.3 Å². The summed E-state index contributed by atoms with van der Waals surface area (Å²) in [6.45, 7) is 1.21. The Morgan fingerprint density at radius 2 is 1.56 bits per heavy atom. The zero-order valence-corrected chi connectivity index (χ0v) is 18.7. The zero-order chi connectivity index (χ0) is 23.8. The zero-order valence-electron chi connectivity index (χ0n) is 17.9. The lowest BCUT2D eigenvalue weighted by atomic mass is 9.99. The van der Waals surface area contributed by atoms with Crippen LogP contribution in [0.3, 0.4) is 0 Å². The summed E-state index contributed by atoms with van der Waals surface area (Å²) in [5.41, 5.74) is 3.57. The van der Waals surface area contributed by atoms with Crippen molar-refractivity contribution in [2.45, 2.75) is 13.0 Å². The third-order valence-corrected chi connectivity index (χ3v) is 6.28. The summed E-state index contributed by atoms with van der Waals surface area (Å²) in [4.78, 5) is 41.1. The molecule has 0 radical (unpaired) electrons. The number of carbonyl (C=O) groups is 3. The molecule has 0 aliphatic carbocycles. The maximum atomic E-state index is 13.2. The molecule has 8 heteroatoms. The fourth-order valence-corrected chi connectivity index (χ4v) is 4.34. The van der Waals surface area contributed by atoms with Gasteiger partial charge in [-0.3, -0.25) is 14.4 Å². The fraction of sp³-hybridized carbons (Fsp3) is 0.115. The van der Waals surface area contributed by atoms with Crippen LogP contribution in [0, 0.1) is 5.82 Å². The van der Waals surface area contributed by atoms with Crippen LogP contribution in [0.2, 0.25) is 0 Å². The molecule has 0 saturated carbocycles. The lowest BCUT2D eigenvalue weighted by molar-refractivity contribution is -0.120. The molecule has 1 N–H and O–H groups in total. The minimum Gasteiger partial charge on any atom is -0.350 e. The Bertz CT molecular complexity index is 1340. The third-order valence-electron chi connectivity index (χ3n) is 5.93. The number of hydrogen-bond acceptors (Lipinski definition) is 4. The first-order valence-electron chi connectivity index (χ1n) is 10.7. The van der Waals surface area contributed by atoms with Gasteiger partial charge in [0.2, 0.25) is 0 Å². The summed E-state index contributed by atoms with van der Waals surface area (Å²) in [6, 6.07) is 19.7. The van der Waals surface area contributed by atoms with E-state index >= 15 is 0 Å². The monoisotopic (exact) mass is 475 g/mol. The highest BCUT2D eigenvalue weighted by atomic mass is 35.5. The van der Waals surface area contributed by atoms with Gasteiger partial charge in [-0.2, -0.15) is 0 Å². The molecule has 3 amide bonds. The van der Waals surface area contributed by atoms with Crippen molar-refractivity contribution in [2.75, 3.05) is 16.8 Å². The van der Waals surface area contributed by atoms with E-state index in [0.29, 0.717) is 24.3 Å². The predicted molar refractivity (Wildman–Crippen MR) is 127 cm³/mol. The summed E-state index contributed by atoms with van der Waals surface area (Å²) >= 11 is 6.14. The van der Waals surface area contributed by atoms with E-state index in [1.807, 2.05) is 23.1 Å². The Kier molecular flexibility index (Phi) is 5.63. The first-order valence-corrected chi connectivity index (χ1v) is 11.1. The molecule has 170 valence electrons. The summed E-state index contributed by atoms with van der Waals surface area (Å²) in [5.74, 6) is -1.90. The van der Waals surface area contributed by atoms with Crippen molar-refractivity contribution in [3.8, 4) is 0 Å². The van der Waals surface area contributed by atoms with Crippen LogP contribution in [0.15, 0.2) is 83.5 Å². The molecule has 0 aromatic heterocycles. The molecule has 0 spiro atoms. The van der Waals surface area contributed by atoms with Gasteiger partial charge in [0, 0.05) is 24.3 Å². The van der Waals surface area contributed by atoms with E-state index in [9.17, 15) is 18.8 Å². The van der Waals surface area contributed by atoms with Gasteiger partial charge in [-0.1, -0.05) is 35.9 Å². The summed E-state index contributed by atoms with van der Waals surface area (Å²) < 4.78 is 13.2. The molecule has 0 unspecified atom stereocenters. The van der Waals surface area contributed by atoms with Crippen molar-refractivity contribution in [3.05, 3.63) is 106 Å². The maximum absolute atomic E-state index is 13.2. The highest BCUT2D eigenvalue weighted by Crippen LogP contribution is 2.30. The molecule has 2 heterocycles. The molecule has 0 atom stereocenters. The lowest BCUT2D eigenvalue weighted by Gasteiger charge is -2.29. The molecule has 2 aliphatic rings. The van der Waals surface area contributed by atoms with Crippen molar-refractivity contribution in [1.29, 1.82) is 0 Å². The predicted octanol–water partition coefficient (Wildman–Crippen LogP) is 4.46. The van der Waals surface area contributed by atoms with Gasteiger partial charge in [0.05, 0.1) is 5.69 Å². The molecule has 34 heavy (non-hydrogen) atoms. The minimum absolute atomic E-state index is 0.0760. The van der Waals surface area contributed by atoms with E-state index in [0.717, 1.165) is 29.0 Å². The summed E-state index contributed by atoms with van der Waals surface area (Å²) in [7, 11) is 0. The number of nitrogens with one attached hydrogen (secondary N) is 1. The molecule has 6 nitrogen and oxygen atoms in total. The van der Waals surface area contributed by atoms with Crippen molar-refractivity contribution < 1.29 is 18.8 Å². The third kappa shape index (κ3) is 3.95. The molecule has 0 fully saturated rings. The number of rotatable bonds is 4. The number of amides is 3. The topological polar surface area (TPSA) is 69.7 Å². The summed E-state index contributed by atoms with van der Waals surface area (Å²) in [5, 5.41) is 2.61. The van der Waals surface area contributed by atoms with Gasteiger partial charge in [-0.05, 0) is 66.1 Å². The van der Waals surface area contributed by atoms with E-state index in [-0.39, 0.29) is 22.3 Å². The van der Waals surface area contributed by atoms with Crippen molar-refractivity contribution >= 4 is 40.7 Å². The van der Waals surface area contributed by atoms with Crippen LogP contribution in [0.4, 0.5) is 15.8 Å². The molecular weight excluding hydrogens is 457 g/mol. The Morgan fingerprint density at radius 3 is 2.26 bits per heavy atom. The Balaban J connectivity index is 1.29. The van der Waals surface area contributed by atoms with Crippen LogP contribution in [-0.2, 0) is 22.6 Å². The van der Waals surface area contributed by atoms with Crippen LogP contribution >= 0.6 is 11.6 Å². The summed E-state index contributed by atoms with van der Waals surface area (Å²) in [6.07, 6.45) is 0.814. The van der Waals surface area contributed by atoms with Crippen LogP contribution in [0.5, 0.6) is 0 Å². The molecule has 0 saturated heterocycles. The Morgan fingerprint density at radius 1 is 0.882 bits per heavy atom.